The van der Waals surface area contributed by atoms with Crippen LogP contribution >= 0.6 is 0 Å². The molecule has 2 fully saturated rings. The first-order chi connectivity index (χ1) is 10.2. The molecule has 4 heteroatoms. The molecule has 2 unspecified atom stereocenters. The number of para-hydroxylation sites is 1. The van der Waals surface area contributed by atoms with Crippen LogP contribution in [0.5, 0.6) is 5.75 Å². The predicted molar refractivity (Wildman–Crippen MR) is 82.4 cm³/mol. The number of ether oxygens (including phenoxy) is 1. The second-order valence-electron chi connectivity index (χ2n) is 6.41. The van der Waals surface area contributed by atoms with Gasteiger partial charge in [0.25, 0.3) is 0 Å². The Morgan fingerprint density at radius 3 is 2.71 bits per heavy atom. The molecule has 1 aromatic heterocycles. The lowest BCUT2D eigenvalue weighted by molar-refractivity contribution is 0.416. The van der Waals surface area contributed by atoms with Gasteiger partial charge in [0.2, 0.25) is 0 Å². The van der Waals surface area contributed by atoms with Crippen molar-refractivity contribution in [1.82, 2.24) is 10.2 Å². The van der Waals surface area contributed by atoms with Crippen LogP contribution in [0.25, 0.3) is 11.3 Å². The number of nitrogens with zero attached hydrogens (tertiary/aromatic N) is 3. The van der Waals surface area contributed by atoms with Crippen LogP contribution in [0.15, 0.2) is 36.4 Å². The molecule has 0 radical (unpaired) electrons. The van der Waals surface area contributed by atoms with Crippen molar-refractivity contribution in [3.05, 3.63) is 36.4 Å². The molecule has 1 aromatic carbocycles. The first-order valence-electron chi connectivity index (χ1n) is 7.42. The number of fused-ring (bicyclic) bond motifs is 1. The number of benzene rings is 1. The molecule has 1 aliphatic heterocycles. The average Bonchev–Trinajstić information content (AvgIpc) is 3.04. The number of methoxy groups -OCH3 is 1. The average molecular weight is 281 g/mol. The Bertz CT molecular complexity index is 670. The van der Waals surface area contributed by atoms with Crippen LogP contribution in [0.4, 0.5) is 5.82 Å². The van der Waals surface area contributed by atoms with E-state index in [-0.39, 0.29) is 0 Å². The molecular weight excluding hydrogens is 262 g/mol. The molecule has 4 nitrogen and oxygen atoms in total. The summed E-state index contributed by atoms with van der Waals surface area (Å²) in [7, 11) is 1.68. The smallest absolute Gasteiger partial charge is 0.151 e. The summed E-state index contributed by atoms with van der Waals surface area (Å²) in [5.41, 5.74) is 2.37. The third-order valence-corrected chi connectivity index (χ3v) is 4.89. The van der Waals surface area contributed by atoms with Crippen molar-refractivity contribution >= 4 is 5.82 Å². The van der Waals surface area contributed by atoms with Crippen LogP contribution in [0.1, 0.15) is 13.3 Å². The fourth-order valence-electron chi connectivity index (χ4n) is 3.42. The van der Waals surface area contributed by atoms with Crippen LogP contribution in [0.3, 0.4) is 0 Å². The van der Waals surface area contributed by atoms with Crippen molar-refractivity contribution in [2.75, 3.05) is 25.1 Å². The van der Waals surface area contributed by atoms with Crippen LogP contribution in [-0.4, -0.2) is 30.4 Å². The van der Waals surface area contributed by atoms with E-state index in [4.69, 9.17) is 4.74 Å². The Labute approximate surface area is 124 Å². The number of piperidine rings is 1. The van der Waals surface area contributed by atoms with Crippen molar-refractivity contribution in [2.24, 2.45) is 11.3 Å². The fourth-order valence-corrected chi connectivity index (χ4v) is 3.42. The van der Waals surface area contributed by atoms with E-state index in [1.807, 2.05) is 30.3 Å². The van der Waals surface area contributed by atoms with E-state index in [0.29, 0.717) is 5.41 Å². The molecule has 0 N–H and O–H groups in total. The van der Waals surface area contributed by atoms with Crippen LogP contribution in [0, 0.1) is 11.3 Å². The van der Waals surface area contributed by atoms with E-state index in [2.05, 4.69) is 28.1 Å². The molecule has 4 rings (SSSR count). The topological polar surface area (TPSA) is 38.2 Å². The molecule has 108 valence electrons. The van der Waals surface area contributed by atoms with Crippen molar-refractivity contribution in [3.8, 4) is 17.0 Å². The molecule has 0 bridgehead atoms. The summed E-state index contributed by atoms with van der Waals surface area (Å²) in [6, 6.07) is 12.0. The zero-order chi connectivity index (χ0) is 14.4. The van der Waals surface area contributed by atoms with Crippen molar-refractivity contribution < 1.29 is 4.74 Å². The van der Waals surface area contributed by atoms with Gasteiger partial charge in [-0.3, -0.25) is 0 Å². The standard InChI is InChI=1S/C17H19N3O/c1-17-9-12(17)10-20(11-17)16-8-7-14(18-19-16)13-5-3-4-6-15(13)21-2/h3-8,12H,9-11H2,1-2H3. The highest BCUT2D eigenvalue weighted by Gasteiger charge is 2.56. The van der Waals surface area contributed by atoms with Crippen LogP contribution in [0.2, 0.25) is 0 Å². The predicted octanol–water partition coefficient (Wildman–Crippen LogP) is 3.00. The first-order valence-corrected chi connectivity index (χ1v) is 7.42. The Hall–Kier alpha value is -2.10. The van der Waals surface area contributed by atoms with Crippen molar-refractivity contribution in [1.29, 1.82) is 0 Å². The Balaban J connectivity index is 1.59. The number of rotatable bonds is 3. The largest absolute Gasteiger partial charge is 0.496 e. The van der Waals surface area contributed by atoms with Gasteiger partial charge in [0, 0.05) is 18.7 Å². The van der Waals surface area contributed by atoms with Gasteiger partial charge in [-0.1, -0.05) is 19.1 Å². The van der Waals surface area contributed by atoms with Gasteiger partial charge >= 0.3 is 0 Å². The quantitative estimate of drug-likeness (QED) is 0.867. The maximum Gasteiger partial charge on any atom is 0.151 e. The lowest BCUT2D eigenvalue weighted by atomic mass is 10.1. The third kappa shape index (κ3) is 2.06. The minimum atomic E-state index is 0.531. The normalized spacial score (nSPS) is 26.6. The first kappa shape index (κ1) is 12.6. The summed E-state index contributed by atoms with van der Waals surface area (Å²) in [5.74, 6) is 2.67. The highest BCUT2D eigenvalue weighted by atomic mass is 16.5. The van der Waals surface area contributed by atoms with Crippen molar-refractivity contribution in [3.63, 3.8) is 0 Å². The van der Waals surface area contributed by atoms with E-state index >= 15 is 0 Å². The minimum absolute atomic E-state index is 0.531. The summed E-state index contributed by atoms with van der Waals surface area (Å²) in [5, 5.41) is 8.81. The second kappa shape index (κ2) is 4.45. The minimum Gasteiger partial charge on any atom is -0.496 e. The maximum absolute atomic E-state index is 5.38. The van der Waals surface area contributed by atoms with Crippen LogP contribution in [-0.2, 0) is 0 Å². The van der Waals surface area contributed by atoms with Gasteiger partial charge < -0.3 is 9.64 Å². The molecule has 1 saturated carbocycles. The monoisotopic (exact) mass is 281 g/mol. The zero-order valence-electron chi connectivity index (χ0n) is 12.4. The van der Waals surface area contributed by atoms with Crippen molar-refractivity contribution in [2.45, 2.75) is 13.3 Å². The molecule has 1 aliphatic carbocycles. The van der Waals surface area contributed by atoms with Gasteiger partial charge in [0.05, 0.1) is 12.8 Å². The van der Waals surface area contributed by atoms with Gasteiger partial charge in [-0.05, 0) is 42.0 Å². The second-order valence-corrected chi connectivity index (χ2v) is 6.41. The fraction of sp³-hybridized carbons (Fsp3) is 0.412. The van der Waals surface area contributed by atoms with E-state index < -0.39 is 0 Å². The van der Waals surface area contributed by atoms with E-state index in [9.17, 15) is 0 Å². The molecular formula is C17H19N3O. The van der Waals surface area contributed by atoms with Gasteiger partial charge in [-0.15, -0.1) is 10.2 Å². The molecule has 0 spiro atoms. The van der Waals surface area contributed by atoms with Gasteiger partial charge in [0.1, 0.15) is 5.75 Å². The number of hydrogen-bond acceptors (Lipinski definition) is 4. The lowest BCUT2D eigenvalue weighted by Crippen LogP contribution is -2.24. The highest BCUT2D eigenvalue weighted by Crippen LogP contribution is 2.57. The Morgan fingerprint density at radius 2 is 2.05 bits per heavy atom. The molecule has 21 heavy (non-hydrogen) atoms. The van der Waals surface area contributed by atoms with Gasteiger partial charge in [0.15, 0.2) is 5.82 Å². The summed E-state index contributed by atoms with van der Waals surface area (Å²) >= 11 is 0. The van der Waals surface area contributed by atoms with Gasteiger partial charge in [-0.2, -0.15) is 0 Å². The molecule has 2 aromatic rings. The molecule has 2 heterocycles. The number of hydrogen-bond donors (Lipinski definition) is 0. The van der Waals surface area contributed by atoms with Gasteiger partial charge in [-0.25, -0.2) is 0 Å². The number of anilines is 1. The third-order valence-electron chi connectivity index (χ3n) is 4.89. The summed E-state index contributed by atoms with van der Waals surface area (Å²) in [6.45, 7) is 4.60. The zero-order valence-corrected chi connectivity index (χ0v) is 12.4. The summed E-state index contributed by atoms with van der Waals surface area (Å²) < 4.78 is 5.38. The Morgan fingerprint density at radius 1 is 1.19 bits per heavy atom. The molecule has 0 amide bonds. The molecule has 2 aliphatic rings. The summed E-state index contributed by atoms with van der Waals surface area (Å²) in [4.78, 5) is 2.35. The van der Waals surface area contributed by atoms with Crippen LogP contribution < -0.4 is 9.64 Å². The number of aromatic nitrogens is 2. The molecule has 1 saturated heterocycles. The molecule has 2 atom stereocenters. The summed E-state index contributed by atoms with van der Waals surface area (Å²) in [6.07, 6.45) is 1.37. The SMILES string of the molecule is COc1ccccc1-c1ccc(N2CC3CC3(C)C2)nn1. The van der Waals surface area contributed by atoms with E-state index in [0.717, 1.165) is 41.8 Å². The Kier molecular flexibility index (Phi) is 2.67. The van der Waals surface area contributed by atoms with E-state index in [1.165, 1.54) is 6.42 Å². The van der Waals surface area contributed by atoms with E-state index in [1.54, 1.807) is 7.11 Å². The lowest BCUT2D eigenvalue weighted by Gasteiger charge is -2.20. The highest BCUT2D eigenvalue weighted by molar-refractivity contribution is 5.67. The maximum atomic E-state index is 5.38.